The van der Waals surface area contributed by atoms with Gasteiger partial charge in [0.25, 0.3) is 0 Å². The Bertz CT molecular complexity index is 532. The van der Waals surface area contributed by atoms with Crippen molar-refractivity contribution in [3.8, 4) is 6.07 Å². The number of hydrogen-bond acceptors (Lipinski definition) is 3. The second-order valence-corrected chi connectivity index (χ2v) is 5.94. The molecule has 1 rings (SSSR count). The van der Waals surface area contributed by atoms with E-state index in [9.17, 15) is 8.42 Å². The van der Waals surface area contributed by atoms with Gasteiger partial charge in [-0.3, -0.25) is 4.72 Å². The molecule has 0 amide bonds. The van der Waals surface area contributed by atoms with Crippen LogP contribution >= 0.6 is 0 Å². The van der Waals surface area contributed by atoms with Gasteiger partial charge in [-0.05, 0) is 24.5 Å². The van der Waals surface area contributed by atoms with Crippen molar-refractivity contribution in [2.45, 2.75) is 38.4 Å². The zero-order chi connectivity index (χ0) is 13.6. The fourth-order valence-corrected chi connectivity index (χ4v) is 2.94. The molecule has 0 heterocycles. The van der Waals surface area contributed by atoms with E-state index in [1.54, 1.807) is 19.1 Å². The number of para-hydroxylation sites is 1. The van der Waals surface area contributed by atoms with Crippen molar-refractivity contribution in [2.75, 3.05) is 4.72 Å². The number of aryl methyl sites for hydroxylation is 1. The molecule has 0 saturated carbocycles. The van der Waals surface area contributed by atoms with Crippen molar-refractivity contribution < 1.29 is 8.42 Å². The Morgan fingerprint density at radius 1 is 1.33 bits per heavy atom. The molecule has 1 atom stereocenters. The molecule has 0 radical (unpaired) electrons. The minimum Gasteiger partial charge on any atom is -0.282 e. The van der Waals surface area contributed by atoms with Crippen LogP contribution in [0.25, 0.3) is 0 Å². The number of nitrogens with one attached hydrogen (secondary N) is 1. The quantitative estimate of drug-likeness (QED) is 0.860. The summed E-state index contributed by atoms with van der Waals surface area (Å²) in [6.45, 7) is 3.72. The van der Waals surface area contributed by atoms with Crippen molar-refractivity contribution in [1.29, 1.82) is 5.26 Å². The molecule has 0 spiro atoms. The first kappa shape index (κ1) is 14.5. The largest absolute Gasteiger partial charge is 0.282 e. The van der Waals surface area contributed by atoms with E-state index in [0.29, 0.717) is 5.69 Å². The summed E-state index contributed by atoms with van der Waals surface area (Å²) < 4.78 is 26.5. The Morgan fingerprint density at radius 3 is 2.56 bits per heavy atom. The fraction of sp³-hybridized carbons (Fsp3) is 0.462. The molecule has 0 aliphatic carbocycles. The van der Waals surface area contributed by atoms with E-state index < -0.39 is 15.3 Å². The first-order valence-electron chi connectivity index (χ1n) is 6.04. The second kappa shape index (κ2) is 6.41. The minimum absolute atomic E-state index is 0.280. The molecule has 18 heavy (non-hydrogen) atoms. The third kappa shape index (κ3) is 3.47. The zero-order valence-corrected chi connectivity index (χ0v) is 11.5. The number of hydrogen-bond donors (Lipinski definition) is 1. The normalized spacial score (nSPS) is 12.7. The molecule has 1 unspecified atom stereocenters. The molecule has 1 aromatic carbocycles. The van der Waals surface area contributed by atoms with Crippen LogP contribution in [0.1, 0.15) is 32.3 Å². The number of sulfonamides is 1. The summed E-state index contributed by atoms with van der Waals surface area (Å²) in [4.78, 5) is 0. The fourth-order valence-electron chi connectivity index (χ4n) is 1.71. The molecule has 0 aliphatic rings. The van der Waals surface area contributed by atoms with Crippen LogP contribution in [0.4, 0.5) is 5.69 Å². The summed E-state index contributed by atoms with van der Waals surface area (Å²) in [5.41, 5.74) is 1.53. The van der Waals surface area contributed by atoms with Crippen molar-refractivity contribution >= 4 is 15.7 Å². The van der Waals surface area contributed by atoms with Gasteiger partial charge in [0.2, 0.25) is 10.0 Å². The van der Waals surface area contributed by atoms with Crippen molar-refractivity contribution in [3.63, 3.8) is 0 Å². The minimum atomic E-state index is -3.63. The van der Waals surface area contributed by atoms with Crippen LogP contribution in [-0.4, -0.2) is 13.7 Å². The maximum Gasteiger partial charge on any atom is 0.249 e. The summed E-state index contributed by atoms with van der Waals surface area (Å²) in [5.74, 6) is 0. The van der Waals surface area contributed by atoms with E-state index in [-0.39, 0.29) is 6.42 Å². The molecule has 0 aromatic heterocycles. The molecule has 0 aliphatic heterocycles. The first-order chi connectivity index (χ1) is 8.55. The Kier molecular flexibility index (Phi) is 5.17. The Hall–Kier alpha value is -1.54. The van der Waals surface area contributed by atoms with Crippen molar-refractivity contribution in [3.05, 3.63) is 29.8 Å². The highest BCUT2D eigenvalue weighted by atomic mass is 32.2. The van der Waals surface area contributed by atoms with Gasteiger partial charge < -0.3 is 0 Å². The van der Waals surface area contributed by atoms with Gasteiger partial charge in [-0.25, -0.2) is 8.42 Å². The van der Waals surface area contributed by atoms with E-state index in [1.165, 1.54) is 0 Å². The summed E-state index contributed by atoms with van der Waals surface area (Å²) in [7, 11) is -3.63. The lowest BCUT2D eigenvalue weighted by atomic mass is 10.1. The maximum absolute atomic E-state index is 12.0. The van der Waals surface area contributed by atoms with Crippen LogP contribution in [0, 0.1) is 11.3 Å². The molecular weight excluding hydrogens is 248 g/mol. The number of nitriles is 1. The highest BCUT2D eigenvalue weighted by Gasteiger charge is 2.23. The average molecular weight is 266 g/mol. The second-order valence-electron chi connectivity index (χ2n) is 4.08. The molecule has 1 aromatic rings. The van der Waals surface area contributed by atoms with E-state index in [2.05, 4.69) is 4.72 Å². The third-order valence-corrected chi connectivity index (χ3v) is 4.37. The van der Waals surface area contributed by atoms with Gasteiger partial charge >= 0.3 is 0 Å². The van der Waals surface area contributed by atoms with Crippen LogP contribution < -0.4 is 4.72 Å². The SMILES string of the molecule is CCCc1ccccc1NS(=O)(=O)C(C#N)CC. The molecule has 5 heteroatoms. The smallest absolute Gasteiger partial charge is 0.249 e. The van der Waals surface area contributed by atoms with Gasteiger partial charge in [-0.2, -0.15) is 5.26 Å². The van der Waals surface area contributed by atoms with E-state index in [4.69, 9.17) is 5.26 Å². The summed E-state index contributed by atoms with van der Waals surface area (Å²) in [6, 6.07) is 9.10. The van der Waals surface area contributed by atoms with Crippen molar-refractivity contribution in [2.24, 2.45) is 0 Å². The highest BCUT2D eigenvalue weighted by Crippen LogP contribution is 2.20. The van der Waals surface area contributed by atoms with Gasteiger partial charge in [0, 0.05) is 0 Å². The van der Waals surface area contributed by atoms with Crippen LogP contribution in [0.3, 0.4) is 0 Å². The lowest BCUT2D eigenvalue weighted by Crippen LogP contribution is -2.26. The van der Waals surface area contributed by atoms with E-state index >= 15 is 0 Å². The number of benzene rings is 1. The third-order valence-electron chi connectivity index (χ3n) is 2.68. The van der Waals surface area contributed by atoms with Gasteiger partial charge in [-0.15, -0.1) is 0 Å². The van der Waals surface area contributed by atoms with Crippen LogP contribution in [-0.2, 0) is 16.4 Å². The van der Waals surface area contributed by atoms with Crippen molar-refractivity contribution in [1.82, 2.24) is 0 Å². The summed E-state index contributed by atoms with van der Waals surface area (Å²) >= 11 is 0. The molecule has 1 N–H and O–H groups in total. The molecule has 4 nitrogen and oxygen atoms in total. The van der Waals surface area contributed by atoms with Crippen LogP contribution in [0.15, 0.2) is 24.3 Å². The number of rotatable bonds is 6. The molecule has 98 valence electrons. The van der Waals surface area contributed by atoms with Gasteiger partial charge in [0.15, 0.2) is 5.25 Å². The van der Waals surface area contributed by atoms with E-state index in [0.717, 1.165) is 18.4 Å². The van der Waals surface area contributed by atoms with Crippen LogP contribution in [0.2, 0.25) is 0 Å². The molecular formula is C13H18N2O2S. The predicted molar refractivity (Wildman–Crippen MR) is 72.7 cm³/mol. The van der Waals surface area contributed by atoms with Gasteiger partial charge in [0.1, 0.15) is 0 Å². The molecule has 0 fully saturated rings. The lowest BCUT2D eigenvalue weighted by molar-refractivity contribution is 0.592. The number of nitrogens with zero attached hydrogens (tertiary/aromatic N) is 1. The Labute approximate surface area is 109 Å². The Morgan fingerprint density at radius 2 is 2.00 bits per heavy atom. The van der Waals surface area contributed by atoms with Gasteiger partial charge in [0.05, 0.1) is 11.8 Å². The van der Waals surface area contributed by atoms with Gasteiger partial charge in [-0.1, -0.05) is 38.5 Å². The molecule has 0 saturated heterocycles. The van der Waals surface area contributed by atoms with E-state index in [1.807, 2.05) is 25.1 Å². The summed E-state index contributed by atoms with van der Waals surface area (Å²) in [6.07, 6.45) is 2.03. The summed E-state index contributed by atoms with van der Waals surface area (Å²) in [5, 5.41) is 7.84. The predicted octanol–water partition coefficient (Wildman–Crippen LogP) is 2.68. The zero-order valence-electron chi connectivity index (χ0n) is 10.7. The maximum atomic E-state index is 12.0. The molecule has 0 bridgehead atoms. The number of anilines is 1. The first-order valence-corrected chi connectivity index (χ1v) is 7.59. The standard InChI is InChI=1S/C13H18N2O2S/c1-3-7-11-8-5-6-9-13(11)15-18(16,17)12(4-2)10-14/h5-6,8-9,12,15H,3-4,7H2,1-2H3. The average Bonchev–Trinajstić information content (AvgIpc) is 2.32. The topological polar surface area (TPSA) is 70.0 Å². The van der Waals surface area contributed by atoms with Crippen LogP contribution in [0.5, 0.6) is 0 Å². The lowest BCUT2D eigenvalue weighted by Gasteiger charge is -2.14. The Balaban J connectivity index is 3.01. The monoisotopic (exact) mass is 266 g/mol. The highest BCUT2D eigenvalue weighted by molar-refractivity contribution is 7.93.